The van der Waals surface area contributed by atoms with Crippen LogP contribution in [0.1, 0.15) is 37.9 Å². The highest BCUT2D eigenvalue weighted by Gasteiger charge is 2.25. The van der Waals surface area contributed by atoms with Crippen LogP contribution in [-0.2, 0) is 4.79 Å². The van der Waals surface area contributed by atoms with Crippen LogP contribution in [0.3, 0.4) is 0 Å². The molecule has 2 aromatic rings. The highest BCUT2D eigenvalue weighted by molar-refractivity contribution is 5.93. The number of rotatable bonds is 6. The highest BCUT2D eigenvalue weighted by Crippen LogP contribution is 2.17. The SMILES string of the molecule is CC(C)[C@@H]([NH2+][C@@H](C)C(=O)Nc1ccc(C#N)cc1)c1ccccc1. The number of amides is 1. The van der Waals surface area contributed by atoms with E-state index in [0.29, 0.717) is 17.2 Å². The van der Waals surface area contributed by atoms with Gasteiger partial charge in [0.05, 0.1) is 11.6 Å². The van der Waals surface area contributed by atoms with Gasteiger partial charge in [0.25, 0.3) is 5.91 Å². The van der Waals surface area contributed by atoms with Gasteiger partial charge < -0.3 is 10.6 Å². The van der Waals surface area contributed by atoms with Crippen LogP contribution in [0.25, 0.3) is 0 Å². The van der Waals surface area contributed by atoms with E-state index in [0.717, 1.165) is 0 Å². The molecule has 0 aliphatic rings. The van der Waals surface area contributed by atoms with Crippen LogP contribution in [-0.4, -0.2) is 11.9 Å². The van der Waals surface area contributed by atoms with E-state index in [2.05, 4.69) is 42.7 Å². The van der Waals surface area contributed by atoms with Crippen LogP contribution in [0.5, 0.6) is 0 Å². The van der Waals surface area contributed by atoms with Crippen LogP contribution < -0.4 is 10.6 Å². The Hall–Kier alpha value is -2.64. The van der Waals surface area contributed by atoms with Crippen molar-refractivity contribution in [2.45, 2.75) is 32.9 Å². The maximum atomic E-state index is 12.4. The van der Waals surface area contributed by atoms with E-state index in [-0.39, 0.29) is 18.0 Å². The second kappa shape index (κ2) is 8.28. The zero-order valence-electron chi connectivity index (χ0n) is 14.4. The first kappa shape index (κ1) is 17.7. The van der Waals surface area contributed by atoms with Gasteiger partial charge in [-0.25, -0.2) is 0 Å². The Kier molecular flexibility index (Phi) is 6.11. The van der Waals surface area contributed by atoms with Crippen LogP contribution in [0.4, 0.5) is 5.69 Å². The lowest BCUT2D eigenvalue weighted by atomic mass is 9.95. The summed E-state index contributed by atoms with van der Waals surface area (Å²) in [6.45, 7) is 6.25. The van der Waals surface area contributed by atoms with Gasteiger partial charge in [0.1, 0.15) is 6.04 Å². The molecule has 1 amide bonds. The smallest absolute Gasteiger partial charge is 0.282 e. The molecule has 0 radical (unpaired) electrons. The predicted molar refractivity (Wildman–Crippen MR) is 95.2 cm³/mol. The van der Waals surface area contributed by atoms with Gasteiger partial charge in [0.2, 0.25) is 0 Å². The lowest BCUT2D eigenvalue weighted by Gasteiger charge is -2.23. The molecule has 124 valence electrons. The van der Waals surface area contributed by atoms with Crippen molar-refractivity contribution >= 4 is 11.6 Å². The van der Waals surface area contributed by atoms with E-state index in [9.17, 15) is 4.79 Å². The molecular formula is C20H24N3O+. The molecule has 0 aromatic heterocycles. The van der Waals surface area contributed by atoms with Crippen LogP contribution >= 0.6 is 0 Å². The van der Waals surface area contributed by atoms with Crippen molar-refractivity contribution in [3.63, 3.8) is 0 Å². The third-order valence-electron chi connectivity index (χ3n) is 4.09. The molecule has 0 aliphatic heterocycles. The minimum atomic E-state index is -0.215. The topological polar surface area (TPSA) is 69.5 Å². The lowest BCUT2D eigenvalue weighted by Crippen LogP contribution is -2.93. The quantitative estimate of drug-likeness (QED) is 0.858. The maximum Gasteiger partial charge on any atom is 0.282 e. The average Bonchev–Trinajstić information content (AvgIpc) is 2.60. The Balaban J connectivity index is 2.02. The first-order valence-corrected chi connectivity index (χ1v) is 8.22. The lowest BCUT2D eigenvalue weighted by molar-refractivity contribution is -0.718. The van der Waals surface area contributed by atoms with Gasteiger partial charge in [-0.1, -0.05) is 44.2 Å². The fraction of sp³-hybridized carbons (Fsp3) is 0.300. The maximum absolute atomic E-state index is 12.4. The van der Waals surface area contributed by atoms with E-state index in [1.54, 1.807) is 24.3 Å². The minimum absolute atomic E-state index is 0.0405. The molecule has 0 bridgehead atoms. The van der Waals surface area contributed by atoms with Gasteiger partial charge in [0, 0.05) is 17.2 Å². The van der Waals surface area contributed by atoms with Crippen molar-refractivity contribution in [2.24, 2.45) is 5.92 Å². The van der Waals surface area contributed by atoms with Crippen molar-refractivity contribution in [3.8, 4) is 6.07 Å². The third-order valence-corrected chi connectivity index (χ3v) is 4.09. The Morgan fingerprint density at radius 3 is 2.21 bits per heavy atom. The monoisotopic (exact) mass is 322 g/mol. The number of nitrogens with two attached hydrogens (primary N) is 1. The summed E-state index contributed by atoms with van der Waals surface area (Å²) in [5.74, 6) is 0.374. The summed E-state index contributed by atoms with van der Waals surface area (Å²) >= 11 is 0. The van der Waals surface area contributed by atoms with Gasteiger partial charge in [-0.15, -0.1) is 0 Å². The number of benzene rings is 2. The molecule has 3 N–H and O–H groups in total. The molecule has 0 saturated heterocycles. The van der Waals surface area contributed by atoms with Crippen LogP contribution in [0.15, 0.2) is 54.6 Å². The van der Waals surface area contributed by atoms with Gasteiger partial charge in [-0.2, -0.15) is 5.26 Å². The molecule has 2 rings (SSSR count). The number of carbonyl (C=O) groups is 1. The fourth-order valence-electron chi connectivity index (χ4n) is 2.68. The molecule has 24 heavy (non-hydrogen) atoms. The Morgan fingerprint density at radius 2 is 1.67 bits per heavy atom. The number of hydrogen-bond donors (Lipinski definition) is 2. The van der Waals surface area contributed by atoms with Crippen molar-refractivity contribution in [1.82, 2.24) is 0 Å². The number of anilines is 1. The summed E-state index contributed by atoms with van der Waals surface area (Å²) in [4.78, 5) is 12.4. The number of nitrogens with zero attached hydrogens (tertiary/aromatic N) is 1. The summed E-state index contributed by atoms with van der Waals surface area (Å²) in [5.41, 5.74) is 2.52. The summed E-state index contributed by atoms with van der Waals surface area (Å²) < 4.78 is 0. The zero-order valence-corrected chi connectivity index (χ0v) is 14.4. The average molecular weight is 322 g/mol. The molecule has 2 atom stereocenters. The summed E-state index contributed by atoms with van der Waals surface area (Å²) in [6.07, 6.45) is 0. The third kappa shape index (κ3) is 4.68. The Labute approximate surface area is 143 Å². The summed E-state index contributed by atoms with van der Waals surface area (Å²) in [7, 11) is 0. The van der Waals surface area contributed by atoms with Gasteiger partial charge >= 0.3 is 0 Å². The molecule has 4 heteroatoms. The number of nitrogens with one attached hydrogen (secondary N) is 1. The van der Waals surface area contributed by atoms with Crippen molar-refractivity contribution < 1.29 is 10.1 Å². The molecule has 0 fully saturated rings. The minimum Gasteiger partial charge on any atom is -0.330 e. The standard InChI is InChI=1S/C20H23N3O/c1-14(2)19(17-7-5-4-6-8-17)22-15(3)20(24)23-18-11-9-16(13-21)10-12-18/h4-12,14-15,19,22H,1-3H3,(H,23,24)/p+1/t15-,19+/m0/s1. The van der Waals surface area contributed by atoms with Crippen LogP contribution in [0.2, 0.25) is 0 Å². The second-order valence-electron chi connectivity index (χ2n) is 6.34. The molecule has 0 spiro atoms. The highest BCUT2D eigenvalue weighted by atomic mass is 16.2. The van der Waals surface area contributed by atoms with E-state index < -0.39 is 0 Å². The van der Waals surface area contributed by atoms with Gasteiger partial charge in [0.15, 0.2) is 6.04 Å². The van der Waals surface area contributed by atoms with E-state index >= 15 is 0 Å². The molecule has 4 nitrogen and oxygen atoms in total. The van der Waals surface area contributed by atoms with Crippen LogP contribution in [0, 0.1) is 17.2 Å². The van der Waals surface area contributed by atoms with E-state index in [1.807, 2.05) is 25.1 Å². The molecule has 0 aliphatic carbocycles. The van der Waals surface area contributed by atoms with Gasteiger partial charge in [-0.05, 0) is 31.2 Å². The molecule has 0 saturated carbocycles. The molecule has 2 aromatic carbocycles. The summed E-state index contributed by atoms with van der Waals surface area (Å²) in [5, 5.41) is 13.8. The van der Waals surface area contributed by atoms with Crippen molar-refractivity contribution in [2.75, 3.05) is 5.32 Å². The van der Waals surface area contributed by atoms with Crippen molar-refractivity contribution in [1.29, 1.82) is 5.26 Å². The summed E-state index contributed by atoms with van der Waals surface area (Å²) in [6, 6.07) is 19.2. The van der Waals surface area contributed by atoms with Crippen molar-refractivity contribution in [3.05, 3.63) is 65.7 Å². The number of carbonyl (C=O) groups excluding carboxylic acids is 1. The van der Waals surface area contributed by atoms with Gasteiger partial charge in [-0.3, -0.25) is 4.79 Å². The normalized spacial score (nSPS) is 13.1. The predicted octanol–water partition coefficient (Wildman–Crippen LogP) is 2.85. The van der Waals surface area contributed by atoms with E-state index in [1.165, 1.54) is 5.56 Å². The zero-order chi connectivity index (χ0) is 17.5. The first-order valence-electron chi connectivity index (χ1n) is 8.22. The second-order valence-corrected chi connectivity index (χ2v) is 6.34. The Bertz CT molecular complexity index is 702. The molecular weight excluding hydrogens is 298 g/mol. The number of quaternary nitrogens is 1. The Morgan fingerprint density at radius 1 is 1.04 bits per heavy atom. The number of hydrogen-bond acceptors (Lipinski definition) is 2. The fourth-order valence-corrected chi connectivity index (χ4v) is 2.68. The largest absolute Gasteiger partial charge is 0.330 e. The van der Waals surface area contributed by atoms with E-state index in [4.69, 9.17) is 5.26 Å². The molecule has 0 heterocycles. The first-order chi connectivity index (χ1) is 11.5. The number of nitriles is 1. The molecule has 0 unspecified atom stereocenters.